The van der Waals surface area contributed by atoms with Gasteiger partial charge in [-0.1, -0.05) is 26.0 Å². The molecular weight excluding hydrogens is 331 g/mol. The van der Waals surface area contributed by atoms with E-state index in [1.54, 1.807) is 6.07 Å². The number of aryl methyl sites for hydroxylation is 1. The summed E-state index contributed by atoms with van der Waals surface area (Å²) in [6.45, 7) is 6.29. The van der Waals surface area contributed by atoms with Crippen molar-refractivity contribution in [3.8, 4) is 0 Å². The van der Waals surface area contributed by atoms with Gasteiger partial charge in [0, 0.05) is 25.6 Å². The topological polar surface area (TPSA) is 57.7 Å². The average molecular weight is 354 g/mol. The summed E-state index contributed by atoms with van der Waals surface area (Å²) in [7, 11) is 1.32. The van der Waals surface area contributed by atoms with Crippen LogP contribution >= 0.6 is 12.3 Å². The summed E-state index contributed by atoms with van der Waals surface area (Å²) < 4.78 is 13.2. The first-order chi connectivity index (χ1) is 11.5. The largest absolute Gasteiger partial charge is 0.325 e. The van der Waals surface area contributed by atoms with Gasteiger partial charge in [0.25, 0.3) is 5.91 Å². The Bertz CT molecular complexity index is 609. The van der Waals surface area contributed by atoms with Gasteiger partial charge < -0.3 is 9.69 Å². The van der Waals surface area contributed by atoms with E-state index in [4.69, 9.17) is 0 Å². The second-order valence-electron chi connectivity index (χ2n) is 5.24. The molecule has 1 aliphatic rings. The van der Waals surface area contributed by atoms with Gasteiger partial charge in [-0.25, -0.2) is 0 Å². The maximum Gasteiger partial charge on any atom is 0.255 e. The Morgan fingerprint density at radius 2 is 2.12 bits per heavy atom. The first-order valence-corrected chi connectivity index (χ1v) is 8.57. The Kier molecular flexibility index (Phi) is 7.91. The first-order valence-electron chi connectivity index (χ1n) is 7.89. The van der Waals surface area contributed by atoms with Gasteiger partial charge in [0.2, 0.25) is 5.91 Å². The number of hydrogen-bond acceptors (Lipinski definition) is 4. The van der Waals surface area contributed by atoms with Crippen molar-refractivity contribution in [2.24, 2.45) is 0 Å². The number of hydrogen-bond donors (Lipinski definition) is 0. The van der Waals surface area contributed by atoms with Crippen molar-refractivity contribution in [2.45, 2.75) is 46.2 Å². The van der Waals surface area contributed by atoms with Gasteiger partial charge in [0.1, 0.15) is 6.29 Å². The van der Waals surface area contributed by atoms with Gasteiger partial charge in [0.05, 0.1) is 6.04 Å². The number of nitrogens with zero attached hydrogens (tertiary/aromatic N) is 2. The van der Waals surface area contributed by atoms with Crippen molar-refractivity contribution >= 4 is 30.4 Å². The van der Waals surface area contributed by atoms with Crippen LogP contribution < -0.4 is 0 Å². The minimum absolute atomic E-state index is 0.00986. The normalized spacial score (nSPS) is 13.7. The molecule has 1 atom stereocenters. The zero-order chi connectivity index (χ0) is 18.3. The summed E-state index contributed by atoms with van der Waals surface area (Å²) in [5.41, 5.74) is 2.53. The van der Waals surface area contributed by atoms with E-state index in [-0.39, 0.29) is 31.1 Å². The molecule has 0 aliphatic carbocycles. The van der Waals surface area contributed by atoms with E-state index in [2.05, 4.69) is 0 Å². The van der Waals surface area contributed by atoms with Crippen molar-refractivity contribution in [3.63, 3.8) is 0 Å². The maximum absolute atomic E-state index is 12.4. The van der Waals surface area contributed by atoms with Crippen molar-refractivity contribution in [1.29, 1.82) is 0 Å². The third-order valence-corrected chi connectivity index (χ3v) is 4.31. The Hall–Kier alpha value is -1.89. The number of carbonyl (C=O) groups excluding carboxylic acids is 3. The molecule has 0 bridgehead atoms. The Balaban J connectivity index is 0.00000139. The van der Waals surface area contributed by atoms with Crippen molar-refractivity contribution in [2.75, 3.05) is 7.05 Å². The van der Waals surface area contributed by atoms with Gasteiger partial charge in [-0.05, 0) is 30.5 Å². The molecule has 1 aliphatic heterocycles. The van der Waals surface area contributed by atoms with Crippen LogP contribution in [-0.4, -0.2) is 40.4 Å². The molecule has 0 saturated carbocycles. The fraction of sp³-hybridized carbons (Fsp3) is 0.471. The van der Waals surface area contributed by atoms with Crippen molar-refractivity contribution in [1.82, 2.24) is 9.21 Å². The van der Waals surface area contributed by atoms with Gasteiger partial charge in [-0.2, -0.15) is 0 Å². The molecule has 0 radical (unpaired) electrons. The molecule has 1 aromatic rings. The predicted octanol–water partition coefficient (Wildman–Crippen LogP) is 3.32. The second-order valence-corrected chi connectivity index (χ2v) is 5.92. The molecular formula is C17H23FN2O3S. The minimum atomic E-state index is -0.679. The maximum atomic E-state index is 12.4. The van der Waals surface area contributed by atoms with Crippen LogP contribution in [0.15, 0.2) is 18.2 Å². The van der Waals surface area contributed by atoms with Gasteiger partial charge in [-0.15, -0.1) is 3.89 Å². The van der Waals surface area contributed by atoms with E-state index >= 15 is 0 Å². The number of halogens is 1. The van der Waals surface area contributed by atoms with E-state index in [9.17, 15) is 18.3 Å². The van der Waals surface area contributed by atoms with Crippen LogP contribution in [0.2, 0.25) is 0 Å². The summed E-state index contributed by atoms with van der Waals surface area (Å²) in [6.07, 6.45) is 0.872. The van der Waals surface area contributed by atoms with E-state index in [1.807, 2.05) is 32.9 Å². The van der Waals surface area contributed by atoms with E-state index in [0.29, 0.717) is 18.4 Å². The third-order valence-electron chi connectivity index (χ3n) is 3.90. The SMILES string of the molecule is CC.Cc1cccc2c1CN(C(C=O)CCC(=O)N(C)SF)C2=O. The molecule has 1 aromatic carbocycles. The Labute approximate surface area is 146 Å². The van der Waals surface area contributed by atoms with Crippen LogP contribution in [-0.2, 0) is 16.1 Å². The summed E-state index contributed by atoms with van der Waals surface area (Å²) in [4.78, 5) is 36.8. The molecule has 1 unspecified atom stereocenters. The molecule has 5 nitrogen and oxygen atoms in total. The molecule has 24 heavy (non-hydrogen) atoms. The lowest BCUT2D eigenvalue weighted by Crippen LogP contribution is -2.37. The number of carbonyl (C=O) groups is 3. The second kappa shape index (κ2) is 9.42. The number of aldehydes is 1. The fourth-order valence-electron chi connectivity index (χ4n) is 2.54. The fourth-order valence-corrected chi connectivity index (χ4v) is 2.71. The highest BCUT2D eigenvalue weighted by Crippen LogP contribution is 2.28. The Morgan fingerprint density at radius 3 is 2.67 bits per heavy atom. The molecule has 0 aromatic heterocycles. The average Bonchev–Trinajstić information content (AvgIpc) is 2.95. The summed E-state index contributed by atoms with van der Waals surface area (Å²) in [5, 5.41) is 0. The van der Waals surface area contributed by atoms with Crippen molar-refractivity contribution < 1.29 is 18.3 Å². The lowest BCUT2D eigenvalue weighted by Gasteiger charge is -2.23. The number of benzene rings is 1. The highest BCUT2D eigenvalue weighted by molar-refractivity contribution is 7.92. The third kappa shape index (κ3) is 4.35. The van der Waals surface area contributed by atoms with E-state index in [0.717, 1.165) is 15.4 Å². The van der Waals surface area contributed by atoms with Crippen LogP contribution in [0.4, 0.5) is 3.89 Å². The van der Waals surface area contributed by atoms with Gasteiger partial charge in [-0.3, -0.25) is 13.9 Å². The molecule has 132 valence electrons. The lowest BCUT2D eigenvalue weighted by molar-refractivity contribution is -0.125. The van der Waals surface area contributed by atoms with Gasteiger partial charge >= 0.3 is 0 Å². The minimum Gasteiger partial charge on any atom is -0.325 e. The van der Waals surface area contributed by atoms with Crippen LogP contribution in [0.5, 0.6) is 0 Å². The molecule has 2 amide bonds. The number of amides is 2. The summed E-state index contributed by atoms with van der Waals surface area (Å²) in [5.74, 6) is -0.615. The zero-order valence-corrected chi connectivity index (χ0v) is 15.2. The summed E-state index contributed by atoms with van der Waals surface area (Å²) >= 11 is -0.168. The molecule has 0 saturated heterocycles. The molecule has 0 N–H and O–H groups in total. The van der Waals surface area contributed by atoms with Gasteiger partial charge in [0.15, 0.2) is 12.3 Å². The molecule has 2 rings (SSSR count). The van der Waals surface area contributed by atoms with Crippen LogP contribution in [0, 0.1) is 6.92 Å². The molecule has 0 spiro atoms. The number of rotatable bonds is 6. The van der Waals surface area contributed by atoms with Crippen molar-refractivity contribution in [3.05, 3.63) is 34.9 Å². The van der Waals surface area contributed by atoms with Crippen LogP contribution in [0.3, 0.4) is 0 Å². The highest BCUT2D eigenvalue weighted by Gasteiger charge is 2.33. The Morgan fingerprint density at radius 1 is 1.46 bits per heavy atom. The smallest absolute Gasteiger partial charge is 0.255 e. The lowest BCUT2D eigenvalue weighted by atomic mass is 10.1. The summed E-state index contributed by atoms with van der Waals surface area (Å²) in [6, 6.07) is 4.79. The highest BCUT2D eigenvalue weighted by atomic mass is 32.2. The molecule has 0 fully saturated rings. The standard InChI is InChI=1S/C15H17FN2O3S.C2H6/c1-10-4-3-5-12-13(10)8-18(15(12)21)11(9-19)6-7-14(20)17(2)22-16;1-2/h3-5,9,11H,6-8H2,1-2H3;1-2H3. The molecule has 7 heteroatoms. The predicted molar refractivity (Wildman–Crippen MR) is 93.0 cm³/mol. The zero-order valence-electron chi connectivity index (χ0n) is 14.4. The quantitative estimate of drug-likeness (QED) is 0.581. The van der Waals surface area contributed by atoms with Crippen LogP contribution in [0.25, 0.3) is 0 Å². The molecule has 1 heterocycles. The monoisotopic (exact) mass is 354 g/mol. The van der Waals surface area contributed by atoms with E-state index < -0.39 is 11.9 Å². The first kappa shape index (κ1) is 20.2. The van der Waals surface area contributed by atoms with Crippen LogP contribution in [0.1, 0.15) is 48.2 Å². The van der Waals surface area contributed by atoms with E-state index in [1.165, 1.54) is 11.9 Å². The number of fused-ring (bicyclic) bond motifs is 1.